The molecule has 0 atom stereocenters. The van der Waals surface area contributed by atoms with Crippen molar-refractivity contribution in [1.29, 1.82) is 0 Å². The number of hydrogen-bond donors (Lipinski definition) is 2. The summed E-state index contributed by atoms with van der Waals surface area (Å²) in [7, 11) is 0. The van der Waals surface area contributed by atoms with Gasteiger partial charge in [0.15, 0.2) is 5.96 Å². The van der Waals surface area contributed by atoms with Gasteiger partial charge in [-0.2, -0.15) is 0 Å². The normalized spacial score (nSPS) is 20.4. The van der Waals surface area contributed by atoms with Gasteiger partial charge < -0.3 is 25.2 Å². The second-order valence-electron chi connectivity index (χ2n) is 8.15. The van der Waals surface area contributed by atoms with Crippen molar-refractivity contribution < 1.29 is 4.74 Å². The minimum Gasteiger partial charge on any atom is -0.378 e. The van der Waals surface area contributed by atoms with Gasteiger partial charge in [0, 0.05) is 52.4 Å². The Balaban J connectivity index is 1.49. The van der Waals surface area contributed by atoms with Crippen LogP contribution in [0.3, 0.4) is 0 Å². The first-order chi connectivity index (χ1) is 13.8. The number of nitrogens with one attached hydrogen (secondary N) is 2. The van der Waals surface area contributed by atoms with Gasteiger partial charge >= 0.3 is 0 Å². The van der Waals surface area contributed by atoms with E-state index in [0.29, 0.717) is 6.10 Å². The first-order valence-electron chi connectivity index (χ1n) is 11.9. The second kappa shape index (κ2) is 15.1. The SMILES string of the molecule is CCNC(=NCCCOC1CCCCC1)NCCCCN1CCN(CC)CC1. The van der Waals surface area contributed by atoms with Gasteiger partial charge in [0.1, 0.15) is 0 Å². The zero-order valence-corrected chi connectivity index (χ0v) is 18.6. The molecule has 0 bridgehead atoms. The number of guanidine groups is 1. The molecule has 164 valence electrons. The highest BCUT2D eigenvalue weighted by atomic mass is 16.5. The van der Waals surface area contributed by atoms with Gasteiger partial charge in [-0.25, -0.2) is 0 Å². The molecule has 0 aromatic carbocycles. The maximum atomic E-state index is 5.99. The number of rotatable bonds is 12. The van der Waals surface area contributed by atoms with Gasteiger partial charge in [-0.05, 0) is 52.1 Å². The lowest BCUT2D eigenvalue weighted by Gasteiger charge is -2.34. The van der Waals surface area contributed by atoms with E-state index in [1.54, 1.807) is 0 Å². The van der Waals surface area contributed by atoms with Crippen LogP contribution in [-0.2, 0) is 4.74 Å². The summed E-state index contributed by atoms with van der Waals surface area (Å²) in [5, 5.41) is 6.84. The van der Waals surface area contributed by atoms with Crippen LogP contribution in [0.4, 0.5) is 0 Å². The van der Waals surface area contributed by atoms with Gasteiger partial charge in [-0.15, -0.1) is 0 Å². The Bertz CT molecular complexity index is 404. The molecule has 2 fully saturated rings. The van der Waals surface area contributed by atoms with Crippen molar-refractivity contribution in [3.05, 3.63) is 0 Å². The quantitative estimate of drug-likeness (QED) is 0.302. The number of nitrogens with zero attached hydrogens (tertiary/aromatic N) is 3. The number of aliphatic imine (C=N–C) groups is 1. The molecule has 2 rings (SSSR count). The minimum atomic E-state index is 0.508. The molecule has 0 aromatic heterocycles. The summed E-state index contributed by atoms with van der Waals surface area (Å²) in [6.45, 7) is 15.3. The fourth-order valence-electron chi connectivity index (χ4n) is 4.08. The van der Waals surface area contributed by atoms with Gasteiger partial charge in [0.25, 0.3) is 0 Å². The smallest absolute Gasteiger partial charge is 0.191 e. The van der Waals surface area contributed by atoms with Crippen molar-refractivity contribution >= 4 is 5.96 Å². The zero-order chi connectivity index (χ0) is 19.9. The highest BCUT2D eigenvalue weighted by molar-refractivity contribution is 5.79. The standard InChI is InChI=1S/C22H45N5O/c1-3-23-22(25-14-10-20-28-21-11-6-5-7-12-21)24-13-8-9-15-27-18-16-26(4-2)17-19-27/h21H,3-20H2,1-2H3,(H2,23,24,25). The molecule has 0 amide bonds. The largest absolute Gasteiger partial charge is 0.378 e. The maximum Gasteiger partial charge on any atom is 0.191 e. The zero-order valence-electron chi connectivity index (χ0n) is 18.6. The fraction of sp³-hybridized carbons (Fsp3) is 0.955. The topological polar surface area (TPSA) is 52.1 Å². The Morgan fingerprint density at radius 1 is 0.929 bits per heavy atom. The molecule has 28 heavy (non-hydrogen) atoms. The lowest BCUT2D eigenvalue weighted by molar-refractivity contribution is 0.0281. The molecule has 6 heteroatoms. The molecule has 1 aliphatic carbocycles. The third-order valence-corrected chi connectivity index (χ3v) is 5.93. The molecular weight excluding hydrogens is 350 g/mol. The maximum absolute atomic E-state index is 5.99. The van der Waals surface area contributed by atoms with Crippen molar-refractivity contribution in [3.63, 3.8) is 0 Å². The third-order valence-electron chi connectivity index (χ3n) is 5.93. The van der Waals surface area contributed by atoms with Crippen LogP contribution in [0.2, 0.25) is 0 Å². The van der Waals surface area contributed by atoms with Crippen molar-refractivity contribution in [2.75, 3.05) is 65.5 Å². The Kier molecular flexibility index (Phi) is 12.6. The van der Waals surface area contributed by atoms with E-state index in [9.17, 15) is 0 Å². The molecule has 1 saturated heterocycles. The monoisotopic (exact) mass is 395 g/mol. The summed E-state index contributed by atoms with van der Waals surface area (Å²) < 4.78 is 5.99. The second-order valence-corrected chi connectivity index (χ2v) is 8.15. The molecule has 0 aromatic rings. The van der Waals surface area contributed by atoms with E-state index in [0.717, 1.165) is 38.6 Å². The highest BCUT2D eigenvalue weighted by Gasteiger charge is 2.14. The Labute approximate surface area is 173 Å². The van der Waals surface area contributed by atoms with E-state index >= 15 is 0 Å². The predicted molar refractivity (Wildman–Crippen MR) is 119 cm³/mol. The first-order valence-corrected chi connectivity index (χ1v) is 11.9. The Morgan fingerprint density at radius 2 is 1.68 bits per heavy atom. The average molecular weight is 396 g/mol. The number of ether oxygens (including phenoxy) is 1. The van der Waals surface area contributed by atoms with E-state index in [4.69, 9.17) is 9.73 Å². The number of hydrogen-bond acceptors (Lipinski definition) is 4. The molecule has 0 radical (unpaired) electrons. The van der Waals surface area contributed by atoms with Crippen LogP contribution in [-0.4, -0.2) is 87.4 Å². The van der Waals surface area contributed by atoms with Crippen LogP contribution >= 0.6 is 0 Å². The Morgan fingerprint density at radius 3 is 2.39 bits per heavy atom. The van der Waals surface area contributed by atoms with Crippen LogP contribution in [0.1, 0.15) is 65.2 Å². The van der Waals surface area contributed by atoms with Crippen molar-refractivity contribution in [2.45, 2.75) is 71.3 Å². The molecule has 1 heterocycles. The van der Waals surface area contributed by atoms with Gasteiger partial charge in [-0.1, -0.05) is 26.2 Å². The molecule has 0 spiro atoms. The summed E-state index contributed by atoms with van der Waals surface area (Å²) in [6.07, 6.45) is 10.5. The lowest BCUT2D eigenvalue weighted by Crippen LogP contribution is -2.46. The van der Waals surface area contributed by atoms with Gasteiger partial charge in [0.2, 0.25) is 0 Å². The number of likely N-dealkylation sites (N-methyl/N-ethyl adjacent to an activating group) is 1. The summed E-state index contributed by atoms with van der Waals surface area (Å²) >= 11 is 0. The van der Waals surface area contributed by atoms with Gasteiger partial charge in [0.05, 0.1) is 6.10 Å². The fourth-order valence-corrected chi connectivity index (χ4v) is 4.08. The summed E-state index contributed by atoms with van der Waals surface area (Å²) in [5.41, 5.74) is 0. The van der Waals surface area contributed by atoms with Crippen LogP contribution in [0.5, 0.6) is 0 Å². The van der Waals surface area contributed by atoms with E-state index in [1.165, 1.54) is 84.2 Å². The van der Waals surface area contributed by atoms with Gasteiger partial charge in [-0.3, -0.25) is 4.99 Å². The molecule has 1 aliphatic heterocycles. The third kappa shape index (κ3) is 10.1. The van der Waals surface area contributed by atoms with Crippen LogP contribution in [0.15, 0.2) is 4.99 Å². The Hall–Kier alpha value is -0.850. The van der Waals surface area contributed by atoms with Crippen molar-refractivity contribution in [1.82, 2.24) is 20.4 Å². The van der Waals surface area contributed by atoms with Crippen molar-refractivity contribution in [2.24, 2.45) is 4.99 Å². The molecule has 2 N–H and O–H groups in total. The number of piperazine rings is 1. The first kappa shape index (κ1) is 23.4. The van der Waals surface area contributed by atoms with Crippen LogP contribution in [0.25, 0.3) is 0 Å². The summed E-state index contributed by atoms with van der Waals surface area (Å²) in [4.78, 5) is 9.85. The summed E-state index contributed by atoms with van der Waals surface area (Å²) in [5.74, 6) is 0.955. The molecule has 0 unspecified atom stereocenters. The predicted octanol–water partition coefficient (Wildman–Crippen LogP) is 2.70. The molecular formula is C22H45N5O. The molecule has 1 saturated carbocycles. The van der Waals surface area contributed by atoms with E-state index in [-0.39, 0.29) is 0 Å². The highest BCUT2D eigenvalue weighted by Crippen LogP contribution is 2.20. The van der Waals surface area contributed by atoms with Crippen LogP contribution < -0.4 is 10.6 Å². The van der Waals surface area contributed by atoms with E-state index in [2.05, 4.69) is 34.3 Å². The van der Waals surface area contributed by atoms with E-state index < -0.39 is 0 Å². The van der Waals surface area contributed by atoms with E-state index in [1.807, 2.05) is 0 Å². The minimum absolute atomic E-state index is 0.508. The van der Waals surface area contributed by atoms with Crippen molar-refractivity contribution in [3.8, 4) is 0 Å². The molecule has 2 aliphatic rings. The van der Waals surface area contributed by atoms with Crippen LogP contribution in [0, 0.1) is 0 Å². The lowest BCUT2D eigenvalue weighted by atomic mass is 9.98. The molecule has 6 nitrogen and oxygen atoms in total. The number of unbranched alkanes of at least 4 members (excludes halogenated alkanes) is 1. The summed E-state index contributed by atoms with van der Waals surface area (Å²) in [6, 6.07) is 0. The average Bonchev–Trinajstić information content (AvgIpc) is 2.74.